The number of methoxy groups -OCH3 is 3. The molecule has 1 N–H and O–H groups in total. The molecule has 34 heavy (non-hydrogen) atoms. The maximum absolute atomic E-state index is 13.0. The number of hydrogen-bond donors (Lipinski definition) is 1. The maximum atomic E-state index is 13.0. The molecule has 0 spiro atoms. The number of aryl methyl sites for hydroxylation is 1. The standard InChI is InChI=1S/C28H32N2O4/c1-19-7-5-6-8-23(19)28(31)29-17-25-24-16-27(34-4)26(33-3)15-21(24)13-14-30(25)18-20-9-11-22(32-2)12-10-20/h5-12,15-16,25H,13-14,17-18H2,1-4H3,(H,29,31)/t25-/m1/s1. The average Bonchev–Trinajstić information content (AvgIpc) is 2.87. The highest BCUT2D eigenvalue weighted by Crippen LogP contribution is 2.38. The zero-order valence-electron chi connectivity index (χ0n) is 20.3. The quantitative estimate of drug-likeness (QED) is 0.534. The van der Waals surface area contributed by atoms with E-state index in [0.29, 0.717) is 17.9 Å². The molecule has 0 saturated heterocycles. The molecule has 1 aliphatic rings. The summed E-state index contributed by atoms with van der Waals surface area (Å²) < 4.78 is 16.4. The first-order valence-corrected chi connectivity index (χ1v) is 11.5. The summed E-state index contributed by atoms with van der Waals surface area (Å²) in [5, 5.41) is 3.18. The summed E-state index contributed by atoms with van der Waals surface area (Å²) in [6.07, 6.45) is 0.897. The lowest BCUT2D eigenvalue weighted by molar-refractivity contribution is 0.0925. The molecule has 1 heterocycles. The first-order chi connectivity index (χ1) is 16.5. The number of nitrogens with zero attached hydrogens (tertiary/aromatic N) is 1. The Labute approximate surface area is 201 Å². The van der Waals surface area contributed by atoms with Gasteiger partial charge in [0, 0.05) is 25.2 Å². The third-order valence-electron chi connectivity index (χ3n) is 6.50. The summed E-state index contributed by atoms with van der Waals surface area (Å²) in [6.45, 7) is 4.09. The predicted molar refractivity (Wildman–Crippen MR) is 133 cm³/mol. The molecule has 0 aromatic heterocycles. The largest absolute Gasteiger partial charge is 0.497 e. The Hall–Kier alpha value is -3.51. The van der Waals surface area contributed by atoms with Crippen molar-refractivity contribution >= 4 is 5.91 Å². The Bertz CT molecular complexity index is 1140. The molecular formula is C28H32N2O4. The second kappa shape index (κ2) is 10.6. The Morgan fingerprint density at radius 1 is 0.971 bits per heavy atom. The smallest absolute Gasteiger partial charge is 0.251 e. The van der Waals surface area contributed by atoms with E-state index in [9.17, 15) is 4.79 Å². The van der Waals surface area contributed by atoms with Gasteiger partial charge in [-0.05, 0) is 65.9 Å². The van der Waals surface area contributed by atoms with Crippen molar-refractivity contribution in [2.75, 3.05) is 34.4 Å². The molecule has 0 radical (unpaired) electrons. The van der Waals surface area contributed by atoms with Gasteiger partial charge in [0.05, 0.1) is 27.4 Å². The van der Waals surface area contributed by atoms with Gasteiger partial charge in [-0.25, -0.2) is 0 Å². The fourth-order valence-corrected chi connectivity index (χ4v) is 4.59. The number of fused-ring (bicyclic) bond motifs is 1. The molecule has 4 rings (SSSR count). The summed E-state index contributed by atoms with van der Waals surface area (Å²) in [6, 6.07) is 19.9. The van der Waals surface area contributed by atoms with Gasteiger partial charge in [-0.2, -0.15) is 0 Å². The van der Waals surface area contributed by atoms with Crippen LogP contribution in [0.3, 0.4) is 0 Å². The van der Waals surface area contributed by atoms with Crippen LogP contribution in [0.15, 0.2) is 60.7 Å². The Morgan fingerprint density at radius 2 is 1.68 bits per heavy atom. The summed E-state index contributed by atoms with van der Waals surface area (Å²) in [5.74, 6) is 2.21. The first kappa shape index (κ1) is 23.6. The summed E-state index contributed by atoms with van der Waals surface area (Å²) in [7, 11) is 4.98. The van der Waals surface area contributed by atoms with Gasteiger partial charge < -0.3 is 19.5 Å². The SMILES string of the molecule is COc1ccc(CN2CCc3cc(OC)c(OC)cc3[C@H]2CNC(=O)c2ccccc2C)cc1. The van der Waals surface area contributed by atoms with E-state index < -0.39 is 0 Å². The van der Waals surface area contributed by atoms with Crippen molar-refractivity contribution in [3.63, 3.8) is 0 Å². The van der Waals surface area contributed by atoms with Crippen LogP contribution in [-0.2, 0) is 13.0 Å². The zero-order valence-corrected chi connectivity index (χ0v) is 20.3. The van der Waals surface area contributed by atoms with E-state index in [-0.39, 0.29) is 11.9 Å². The van der Waals surface area contributed by atoms with Crippen molar-refractivity contribution in [1.82, 2.24) is 10.2 Å². The predicted octanol–water partition coefficient (Wildman–Crippen LogP) is 4.55. The van der Waals surface area contributed by atoms with Crippen LogP contribution in [0.4, 0.5) is 0 Å². The zero-order chi connectivity index (χ0) is 24.1. The van der Waals surface area contributed by atoms with Gasteiger partial charge in [0.25, 0.3) is 5.91 Å². The number of hydrogen-bond acceptors (Lipinski definition) is 5. The molecule has 178 valence electrons. The van der Waals surface area contributed by atoms with E-state index in [4.69, 9.17) is 14.2 Å². The number of carbonyl (C=O) groups is 1. The topological polar surface area (TPSA) is 60.0 Å². The van der Waals surface area contributed by atoms with Crippen molar-refractivity contribution in [3.8, 4) is 17.2 Å². The van der Waals surface area contributed by atoms with E-state index in [1.54, 1.807) is 21.3 Å². The Balaban J connectivity index is 1.62. The molecule has 1 atom stereocenters. The summed E-state index contributed by atoms with van der Waals surface area (Å²) in [4.78, 5) is 15.4. The van der Waals surface area contributed by atoms with Crippen molar-refractivity contribution in [2.24, 2.45) is 0 Å². The molecule has 0 fully saturated rings. The number of nitrogens with one attached hydrogen (secondary N) is 1. The highest BCUT2D eigenvalue weighted by atomic mass is 16.5. The van der Waals surface area contributed by atoms with Crippen LogP contribution in [-0.4, -0.2) is 45.2 Å². The number of rotatable bonds is 8. The monoisotopic (exact) mass is 460 g/mol. The van der Waals surface area contributed by atoms with Crippen LogP contribution < -0.4 is 19.5 Å². The van der Waals surface area contributed by atoms with E-state index in [0.717, 1.165) is 42.1 Å². The average molecular weight is 461 g/mol. The third-order valence-corrected chi connectivity index (χ3v) is 6.50. The van der Waals surface area contributed by atoms with Crippen molar-refractivity contribution in [2.45, 2.75) is 25.9 Å². The fourth-order valence-electron chi connectivity index (χ4n) is 4.59. The summed E-state index contributed by atoms with van der Waals surface area (Å²) in [5.41, 5.74) is 5.24. The van der Waals surface area contributed by atoms with Crippen LogP contribution in [0.1, 0.15) is 38.7 Å². The highest BCUT2D eigenvalue weighted by Gasteiger charge is 2.30. The van der Waals surface area contributed by atoms with E-state index >= 15 is 0 Å². The van der Waals surface area contributed by atoms with Gasteiger partial charge in [-0.15, -0.1) is 0 Å². The van der Waals surface area contributed by atoms with Gasteiger partial charge in [0.1, 0.15) is 5.75 Å². The lowest BCUT2D eigenvalue weighted by Gasteiger charge is -2.38. The first-order valence-electron chi connectivity index (χ1n) is 11.5. The van der Waals surface area contributed by atoms with Crippen molar-refractivity contribution in [1.29, 1.82) is 0 Å². The van der Waals surface area contributed by atoms with Crippen LogP contribution >= 0.6 is 0 Å². The maximum Gasteiger partial charge on any atom is 0.251 e. The Morgan fingerprint density at radius 3 is 2.35 bits per heavy atom. The lowest BCUT2D eigenvalue weighted by atomic mass is 9.91. The number of amides is 1. The molecule has 6 nitrogen and oxygen atoms in total. The molecule has 3 aromatic rings. The molecule has 1 amide bonds. The minimum absolute atomic E-state index is 0.00127. The minimum atomic E-state index is -0.0601. The molecule has 0 bridgehead atoms. The van der Waals surface area contributed by atoms with Crippen LogP contribution in [0.2, 0.25) is 0 Å². The normalized spacial score (nSPS) is 15.4. The van der Waals surface area contributed by atoms with Gasteiger partial charge in [-0.3, -0.25) is 9.69 Å². The van der Waals surface area contributed by atoms with Crippen LogP contribution in [0.25, 0.3) is 0 Å². The molecule has 3 aromatic carbocycles. The number of carbonyl (C=O) groups excluding carboxylic acids is 1. The van der Waals surface area contributed by atoms with Gasteiger partial charge in [-0.1, -0.05) is 30.3 Å². The lowest BCUT2D eigenvalue weighted by Crippen LogP contribution is -2.42. The molecule has 1 aliphatic heterocycles. The van der Waals surface area contributed by atoms with Gasteiger partial charge >= 0.3 is 0 Å². The third kappa shape index (κ3) is 5.02. The van der Waals surface area contributed by atoms with Gasteiger partial charge in [0.15, 0.2) is 11.5 Å². The number of benzene rings is 3. The highest BCUT2D eigenvalue weighted by molar-refractivity contribution is 5.95. The van der Waals surface area contributed by atoms with Gasteiger partial charge in [0.2, 0.25) is 0 Å². The second-order valence-corrected chi connectivity index (χ2v) is 8.52. The second-order valence-electron chi connectivity index (χ2n) is 8.52. The Kier molecular flexibility index (Phi) is 7.38. The van der Waals surface area contributed by atoms with Crippen molar-refractivity contribution < 1.29 is 19.0 Å². The van der Waals surface area contributed by atoms with Crippen LogP contribution in [0, 0.1) is 6.92 Å². The van der Waals surface area contributed by atoms with Crippen LogP contribution in [0.5, 0.6) is 17.2 Å². The molecular weight excluding hydrogens is 428 g/mol. The number of ether oxygens (including phenoxy) is 3. The molecule has 0 unspecified atom stereocenters. The fraction of sp³-hybridized carbons (Fsp3) is 0.321. The van der Waals surface area contributed by atoms with Crippen molar-refractivity contribution in [3.05, 3.63) is 88.5 Å². The molecule has 0 saturated carbocycles. The minimum Gasteiger partial charge on any atom is -0.497 e. The van der Waals surface area contributed by atoms with E-state index in [1.807, 2.05) is 43.3 Å². The van der Waals surface area contributed by atoms with E-state index in [2.05, 4.69) is 34.5 Å². The van der Waals surface area contributed by atoms with E-state index in [1.165, 1.54) is 11.1 Å². The molecule has 0 aliphatic carbocycles. The summed E-state index contributed by atoms with van der Waals surface area (Å²) >= 11 is 0. The molecule has 6 heteroatoms.